The Morgan fingerprint density at radius 1 is 1.06 bits per heavy atom. The van der Waals surface area contributed by atoms with Crippen molar-refractivity contribution in [1.29, 1.82) is 0 Å². The smallest absolute Gasteiger partial charge is 0.232 e. The predicted octanol–water partition coefficient (Wildman–Crippen LogP) is 3.37. The number of nitrogens with zero attached hydrogens (tertiary/aromatic N) is 3. The van der Waals surface area contributed by atoms with Gasteiger partial charge in [0.25, 0.3) is 0 Å². The fourth-order valence-electron chi connectivity index (χ4n) is 3.34. The van der Waals surface area contributed by atoms with Crippen LogP contribution in [0.4, 0.5) is 17.1 Å². The van der Waals surface area contributed by atoms with E-state index in [0.717, 1.165) is 16.8 Å². The molecule has 10 heteroatoms. The third-order valence-electron chi connectivity index (χ3n) is 4.74. The number of aromatic nitrogens is 4. The molecule has 0 unspecified atom stereocenters. The molecule has 0 aliphatic carbocycles. The van der Waals surface area contributed by atoms with E-state index < -0.39 is 10.0 Å². The number of hydrogen-bond donors (Lipinski definition) is 4. The molecule has 0 aliphatic heterocycles. The summed E-state index contributed by atoms with van der Waals surface area (Å²) in [6.07, 6.45) is 3.60. The van der Waals surface area contributed by atoms with Crippen molar-refractivity contribution in [1.82, 2.24) is 19.9 Å². The van der Waals surface area contributed by atoms with Gasteiger partial charge in [-0.1, -0.05) is 31.2 Å². The molecule has 0 atom stereocenters. The summed E-state index contributed by atoms with van der Waals surface area (Å²) >= 11 is 0. The first-order valence-corrected chi connectivity index (χ1v) is 11.5. The van der Waals surface area contributed by atoms with E-state index in [-0.39, 0.29) is 5.75 Å². The summed E-state index contributed by atoms with van der Waals surface area (Å²) in [5, 5.41) is 3.39. The average Bonchev–Trinajstić information content (AvgIpc) is 3.23. The van der Waals surface area contributed by atoms with Crippen molar-refractivity contribution in [2.24, 2.45) is 5.73 Å². The van der Waals surface area contributed by atoms with Gasteiger partial charge in [0.05, 0.1) is 17.8 Å². The third-order valence-corrected chi connectivity index (χ3v) is 6.24. The van der Waals surface area contributed by atoms with Gasteiger partial charge in [-0.05, 0) is 30.2 Å². The van der Waals surface area contributed by atoms with E-state index in [0.29, 0.717) is 41.2 Å². The van der Waals surface area contributed by atoms with Gasteiger partial charge in [-0.25, -0.2) is 23.4 Å². The van der Waals surface area contributed by atoms with Crippen LogP contribution in [0, 0.1) is 0 Å². The van der Waals surface area contributed by atoms with Crippen LogP contribution in [0.25, 0.3) is 22.4 Å². The summed E-state index contributed by atoms with van der Waals surface area (Å²) in [6.45, 7) is 2.12. The Kier molecular flexibility index (Phi) is 5.83. The monoisotopic (exact) mass is 437 g/mol. The summed E-state index contributed by atoms with van der Waals surface area (Å²) in [6, 6.07) is 13.0. The molecule has 0 saturated carbocycles. The minimum atomic E-state index is -3.40. The zero-order valence-electron chi connectivity index (χ0n) is 17.0. The maximum Gasteiger partial charge on any atom is 0.232 e. The number of sulfonamides is 1. The molecule has 160 valence electrons. The van der Waals surface area contributed by atoms with Crippen molar-refractivity contribution in [3.05, 3.63) is 60.7 Å². The average molecular weight is 438 g/mol. The summed E-state index contributed by atoms with van der Waals surface area (Å²) in [7, 11) is -3.40. The van der Waals surface area contributed by atoms with Crippen LogP contribution in [0.2, 0.25) is 0 Å². The third kappa shape index (κ3) is 4.49. The van der Waals surface area contributed by atoms with Gasteiger partial charge in [0.15, 0.2) is 5.65 Å². The number of nitrogens with one attached hydrogen (secondary N) is 3. The molecule has 4 aromatic rings. The van der Waals surface area contributed by atoms with Gasteiger partial charge in [-0.15, -0.1) is 0 Å². The van der Waals surface area contributed by atoms with Crippen LogP contribution in [-0.2, 0) is 16.6 Å². The lowest BCUT2D eigenvalue weighted by Gasteiger charge is -2.16. The van der Waals surface area contributed by atoms with E-state index in [4.69, 9.17) is 5.73 Å². The fraction of sp³-hybridized carbons (Fsp3) is 0.190. The first-order chi connectivity index (χ1) is 15.0. The molecule has 5 N–H and O–H groups in total. The quantitative estimate of drug-likeness (QED) is 0.331. The first-order valence-electron chi connectivity index (χ1n) is 9.84. The molecular weight excluding hydrogens is 414 g/mol. The molecule has 2 aromatic heterocycles. The standard InChI is InChI=1S/C21H23N7O2S/c1-2-9-31(29,30)28-15-8-7-14(11-22)18(10-15)27-17-6-4-3-5-16(17)19-20-21(25-12-23-19)26-13-24-20/h3-8,10,12-13,27-28H,2,9,11,22H2,1H3,(H,23,24,25,26). The Bertz CT molecular complexity index is 1320. The Balaban J connectivity index is 1.73. The molecule has 9 nitrogen and oxygen atoms in total. The van der Waals surface area contributed by atoms with Gasteiger partial charge in [0.2, 0.25) is 10.0 Å². The summed E-state index contributed by atoms with van der Waals surface area (Å²) in [4.78, 5) is 16.0. The Morgan fingerprint density at radius 3 is 2.71 bits per heavy atom. The molecule has 2 aromatic carbocycles. The number of fused-ring (bicyclic) bond motifs is 1. The molecule has 0 aliphatic rings. The molecule has 0 bridgehead atoms. The summed E-state index contributed by atoms with van der Waals surface area (Å²) < 4.78 is 27.0. The van der Waals surface area contributed by atoms with E-state index in [1.165, 1.54) is 6.33 Å². The molecular formula is C21H23N7O2S. The molecule has 4 rings (SSSR count). The number of rotatable bonds is 8. The van der Waals surface area contributed by atoms with E-state index >= 15 is 0 Å². The maximum atomic E-state index is 12.2. The second-order valence-corrected chi connectivity index (χ2v) is 8.83. The molecule has 2 heterocycles. The van der Waals surface area contributed by atoms with Crippen molar-refractivity contribution in [2.45, 2.75) is 19.9 Å². The van der Waals surface area contributed by atoms with E-state index in [9.17, 15) is 8.42 Å². The zero-order valence-corrected chi connectivity index (χ0v) is 17.8. The Morgan fingerprint density at radius 2 is 1.90 bits per heavy atom. The Hall–Kier alpha value is -3.50. The van der Waals surface area contributed by atoms with Crippen molar-refractivity contribution in [2.75, 3.05) is 15.8 Å². The second kappa shape index (κ2) is 8.70. The molecule has 0 amide bonds. The summed E-state index contributed by atoms with van der Waals surface area (Å²) in [5.74, 6) is 0.0601. The lowest BCUT2D eigenvalue weighted by molar-refractivity contribution is 0.600. The van der Waals surface area contributed by atoms with Crippen LogP contribution in [0.1, 0.15) is 18.9 Å². The van der Waals surface area contributed by atoms with Crippen molar-refractivity contribution in [3.63, 3.8) is 0 Å². The number of nitrogens with two attached hydrogens (primary N) is 1. The number of hydrogen-bond acceptors (Lipinski definition) is 7. The highest BCUT2D eigenvalue weighted by Crippen LogP contribution is 2.33. The predicted molar refractivity (Wildman–Crippen MR) is 122 cm³/mol. The highest BCUT2D eigenvalue weighted by molar-refractivity contribution is 7.92. The minimum absolute atomic E-state index is 0.0601. The largest absolute Gasteiger partial charge is 0.355 e. The SMILES string of the molecule is CCCS(=O)(=O)Nc1ccc(CN)c(Nc2ccccc2-c2ncnc3[nH]cnc23)c1. The van der Waals surface area contributed by atoms with Gasteiger partial charge in [-0.2, -0.15) is 0 Å². The van der Waals surface area contributed by atoms with Crippen LogP contribution >= 0.6 is 0 Å². The zero-order chi connectivity index (χ0) is 21.8. The number of imidazole rings is 1. The highest BCUT2D eigenvalue weighted by atomic mass is 32.2. The minimum Gasteiger partial charge on any atom is -0.355 e. The van der Waals surface area contributed by atoms with Gasteiger partial charge in [-0.3, -0.25) is 4.72 Å². The van der Waals surface area contributed by atoms with E-state index in [1.807, 2.05) is 37.3 Å². The van der Waals surface area contributed by atoms with Crippen molar-refractivity contribution >= 4 is 38.2 Å². The number of aromatic amines is 1. The Labute approximate surface area is 180 Å². The topological polar surface area (TPSA) is 139 Å². The van der Waals surface area contributed by atoms with E-state index in [2.05, 4.69) is 30.0 Å². The lowest BCUT2D eigenvalue weighted by atomic mass is 10.1. The van der Waals surface area contributed by atoms with Crippen LogP contribution in [0.5, 0.6) is 0 Å². The summed E-state index contributed by atoms with van der Waals surface area (Å²) in [5.41, 5.74) is 11.6. The van der Waals surface area contributed by atoms with Gasteiger partial charge >= 0.3 is 0 Å². The van der Waals surface area contributed by atoms with E-state index in [1.54, 1.807) is 18.5 Å². The number of H-pyrrole nitrogens is 1. The second-order valence-electron chi connectivity index (χ2n) is 6.99. The van der Waals surface area contributed by atoms with Crippen LogP contribution in [-0.4, -0.2) is 34.1 Å². The fourth-order valence-corrected chi connectivity index (χ4v) is 4.46. The van der Waals surface area contributed by atoms with Gasteiger partial charge in [0.1, 0.15) is 17.5 Å². The molecule has 0 saturated heterocycles. The molecule has 0 fully saturated rings. The maximum absolute atomic E-state index is 12.2. The molecule has 0 radical (unpaired) electrons. The number of para-hydroxylation sites is 1. The van der Waals surface area contributed by atoms with Crippen molar-refractivity contribution in [3.8, 4) is 11.3 Å². The van der Waals surface area contributed by atoms with Crippen molar-refractivity contribution < 1.29 is 8.42 Å². The highest BCUT2D eigenvalue weighted by Gasteiger charge is 2.15. The first kappa shape index (κ1) is 20.8. The normalized spacial score (nSPS) is 11.5. The van der Waals surface area contributed by atoms with Gasteiger partial charge < -0.3 is 16.0 Å². The van der Waals surface area contributed by atoms with Crippen LogP contribution in [0.15, 0.2) is 55.1 Å². The van der Waals surface area contributed by atoms with Gasteiger partial charge in [0, 0.05) is 23.5 Å². The molecule has 0 spiro atoms. The molecule has 31 heavy (non-hydrogen) atoms. The number of benzene rings is 2. The number of anilines is 3. The van der Waals surface area contributed by atoms with Crippen LogP contribution < -0.4 is 15.8 Å². The lowest BCUT2D eigenvalue weighted by Crippen LogP contribution is -2.16. The van der Waals surface area contributed by atoms with Crippen LogP contribution in [0.3, 0.4) is 0 Å².